The fraction of sp³-hybridized carbons (Fsp3) is 0.400. The number of methoxy groups -OCH3 is 1. The maximum Gasteiger partial charge on any atom is 0.311 e. The van der Waals surface area contributed by atoms with E-state index in [9.17, 15) is 23.7 Å². The normalized spacial score (nSPS) is 10.5. The number of ether oxygens (including phenoxy) is 1. The Morgan fingerprint density at radius 2 is 2.22 bits per heavy atom. The fourth-order valence-electron chi connectivity index (χ4n) is 1.35. The lowest BCUT2D eigenvalue weighted by atomic mass is 10.1. The molecule has 6 nitrogen and oxygen atoms in total. The van der Waals surface area contributed by atoms with Gasteiger partial charge in [-0.15, -0.1) is 0 Å². The minimum atomic E-state index is -2.94. The Hall–Kier alpha value is -2.12. The molecule has 1 heterocycles. The van der Waals surface area contributed by atoms with Gasteiger partial charge in [-0.25, -0.2) is 8.78 Å². The molecule has 0 aliphatic rings. The molecule has 0 saturated heterocycles. The lowest BCUT2D eigenvalue weighted by Crippen LogP contribution is -2.10. The van der Waals surface area contributed by atoms with Crippen LogP contribution < -0.4 is 0 Å². The van der Waals surface area contributed by atoms with Crippen molar-refractivity contribution in [2.24, 2.45) is 0 Å². The minimum absolute atomic E-state index is 0.0775. The first-order chi connectivity index (χ1) is 8.36. The molecular weight excluding hydrogens is 250 g/mol. The second-order valence-electron chi connectivity index (χ2n) is 3.45. The van der Waals surface area contributed by atoms with E-state index in [1.807, 2.05) is 0 Å². The average Bonchev–Trinajstić information content (AvgIpc) is 2.30. The maximum atomic E-state index is 12.5. The molecule has 0 fully saturated rings. The summed E-state index contributed by atoms with van der Waals surface area (Å²) in [4.78, 5) is 24.6. The molecule has 0 aliphatic heterocycles. The number of alkyl halides is 2. The number of nitrogens with zero attached hydrogens (tertiary/aromatic N) is 2. The third-order valence-electron chi connectivity index (χ3n) is 2.33. The summed E-state index contributed by atoms with van der Waals surface area (Å²) in [5.74, 6) is -0.702. The molecule has 0 amide bonds. The second kappa shape index (κ2) is 5.48. The summed E-state index contributed by atoms with van der Waals surface area (Å²) in [6.07, 6.45) is -3.33. The third kappa shape index (κ3) is 2.96. The Labute approximate surface area is 101 Å². The summed E-state index contributed by atoms with van der Waals surface area (Å²) in [5, 5.41) is 10.7. The summed E-state index contributed by atoms with van der Waals surface area (Å²) in [5.41, 5.74) is -1.22. The Morgan fingerprint density at radius 3 is 2.67 bits per heavy atom. The molecule has 0 saturated carbocycles. The van der Waals surface area contributed by atoms with Crippen molar-refractivity contribution in [2.75, 3.05) is 7.11 Å². The number of hydrogen-bond acceptors (Lipinski definition) is 5. The van der Waals surface area contributed by atoms with Crippen LogP contribution in [0.5, 0.6) is 0 Å². The molecule has 0 spiro atoms. The van der Waals surface area contributed by atoms with Gasteiger partial charge in [-0.05, 0) is 6.92 Å². The van der Waals surface area contributed by atoms with Gasteiger partial charge in [0.25, 0.3) is 12.1 Å². The Kier molecular flexibility index (Phi) is 4.24. The second-order valence-corrected chi connectivity index (χ2v) is 3.45. The topological polar surface area (TPSA) is 82.3 Å². The largest absolute Gasteiger partial charge is 0.469 e. The van der Waals surface area contributed by atoms with Gasteiger partial charge in [0.05, 0.1) is 24.1 Å². The zero-order valence-electron chi connectivity index (χ0n) is 9.65. The summed E-state index contributed by atoms with van der Waals surface area (Å²) >= 11 is 0. The number of aromatic nitrogens is 1. The van der Waals surface area contributed by atoms with Crippen LogP contribution in [0.3, 0.4) is 0 Å². The summed E-state index contributed by atoms with van der Waals surface area (Å²) in [7, 11) is 1.13. The zero-order valence-corrected chi connectivity index (χ0v) is 9.65. The van der Waals surface area contributed by atoms with E-state index in [-0.39, 0.29) is 17.7 Å². The summed E-state index contributed by atoms with van der Waals surface area (Å²) in [6.45, 7) is 1.35. The summed E-state index contributed by atoms with van der Waals surface area (Å²) < 4.78 is 29.5. The van der Waals surface area contributed by atoms with E-state index in [1.54, 1.807) is 0 Å². The Balaban J connectivity index is 3.31. The number of carbonyl (C=O) groups excluding carboxylic acids is 1. The van der Waals surface area contributed by atoms with E-state index >= 15 is 0 Å². The van der Waals surface area contributed by atoms with E-state index in [0.29, 0.717) is 6.07 Å². The lowest BCUT2D eigenvalue weighted by molar-refractivity contribution is -0.385. The molecule has 0 atom stereocenters. The van der Waals surface area contributed by atoms with Crippen LogP contribution in [0.1, 0.15) is 23.4 Å². The van der Waals surface area contributed by atoms with Crippen LogP contribution in [-0.4, -0.2) is 23.0 Å². The van der Waals surface area contributed by atoms with Gasteiger partial charge in [-0.1, -0.05) is 0 Å². The minimum Gasteiger partial charge on any atom is -0.469 e. The number of carbonyl (C=O) groups is 1. The van der Waals surface area contributed by atoms with Crippen LogP contribution in [0.2, 0.25) is 0 Å². The molecular formula is C10H10F2N2O4. The maximum absolute atomic E-state index is 12.5. The van der Waals surface area contributed by atoms with Crippen LogP contribution in [0.4, 0.5) is 14.5 Å². The molecule has 18 heavy (non-hydrogen) atoms. The molecule has 0 unspecified atom stereocenters. The van der Waals surface area contributed by atoms with Crippen molar-refractivity contribution in [3.8, 4) is 0 Å². The van der Waals surface area contributed by atoms with E-state index in [2.05, 4.69) is 9.72 Å². The first kappa shape index (κ1) is 13.9. The van der Waals surface area contributed by atoms with Gasteiger partial charge < -0.3 is 4.74 Å². The fourth-order valence-corrected chi connectivity index (χ4v) is 1.35. The molecule has 0 aliphatic carbocycles. The SMILES string of the molecule is COC(=O)Cc1nc(C(F)F)cc([N+](=O)[O-])c1C. The van der Waals surface area contributed by atoms with Gasteiger partial charge in [0, 0.05) is 11.6 Å². The van der Waals surface area contributed by atoms with E-state index < -0.39 is 28.7 Å². The van der Waals surface area contributed by atoms with Crippen LogP contribution in [0.25, 0.3) is 0 Å². The molecule has 1 rings (SSSR count). The predicted molar refractivity (Wildman–Crippen MR) is 56.3 cm³/mol. The quantitative estimate of drug-likeness (QED) is 0.469. The van der Waals surface area contributed by atoms with Crippen LogP contribution in [-0.2, 0) is 16.0 Å². The molecule has 0 N–H and O–H groups in total. The molecule has 0 aromatic carbocycles. The third-order valence-corrected chi connectivity index (χ3v) is 2.33. The molecule has 0 bridgehead atoms. The molecule has 0 radical (unpaired) electrons. The van der Waals surface area contributed by atoms with Gasteiger partial charge in [0.15, 0.2) is 0 Å². The van der Waals surface area contributed by atoms with Crippen molar-refractivity contribution in [2.45, 2.75) is 19.8 Å². The van der Waals surface area contributed by atoms with Crippen LogP contribution in [0.15, 0.2) is 6.07 Å². The van der Waals surface area contributed by atoms with Crippen LogP contribution >= 0.6 is 0 Å². The average molecular weight is 260 g/mol. The van der Waals surface area contributed by atoms with Crippen molar-refractivity contribution in [1.82, 2.24) is 4.98 Å². The Bertz CT molecular complexity index is 491. The first-order valence-electron chi connectivity index (χ1n) is 4.86. The number of hydrogen-bond donors (Lipinski definition) is 0. The highest BCUT2D eigenvalue weighted by Crippen LogP contribution is 2.26. The van der Waals surface area contributed by atoms with Crippen molar-refractivity contribution in [3.05, 3.63) is 33.1 Å². The monoisotopic (exact) mass is 260 g/mol. The van der Waals surface area contributed by atoms with Crippen molar-refractivity contribution < 1.29 is 23.2 Å². The predicted octanol–water partition coefficient (Wildman–Crippen LogP) is 1.95. The van der Waals surface area contributed by atoms with Gasteiger partial charge in [-0.3, -0.25) is 19.9 Å². The number of esters is 1. The molecule has 8 heteroatoms. The van der Waals surface area contributed by atoms with E-state index in [4.69, 9.17) is 0 Å². The van der Waals surface area contributed by atoms with E-state index in [0.717, 1.165) is 7.11 Å². The molecule has 98 valence electrons. The molecule has 1 aromatic heterocycles. The summed E-state index contributed by atoms with van der Waals surface area (Å²) in [6, 6.07) is 0.709. The zero-order chi connectivity index (χ0) is 13.9. The number of nitro groups is 1. The highest BCUT2D eigenvalue weighted by atomic mass is 19.3. The van der Waals surface area contributed by atoms with Crippen LogP contribution in [0, 0.1) is 17.0 Å². The van der Waals surface area contributed by atoms with Gasteiger partial charge in [0.1, 0.15) is 5.69 Å². The standard InChI is InChI=1S/C10H10F2N2O4/c1-5-6(4-9(15)18-2)13-7(10(11)12)3-8(5)14(16)17/h3,10H,4H2,1-2H3. The highest BCUT2D eigenvalue weighted by molar-refractivity contribution is 5.72. The van der Waals surface area contributed by atoms with Gasteiger partial charge in [-0.2, -0.15) is 0 Å². The molecule has 1 aromatic rings. The van der Waals surface area contributed by atoms with Gasteiger partial charge >= 0.3 is 5.97 Å². The smallest absolute Gasteiger partial charge is 0.311 e. The first-order valence-corrected chi connectivity index (χ1v) is 4.86. The number of pyridine rings is 1. The van der Waals surface area contributed by atoms with Gasteiger partial charge in [0.2, 0.25) is 0 Å². The van der Waals surface area contributed by atoms with E-state index in [1.165, 1.54) is 6.92 Å². The van der Waals surface area contributed by atoms with Crippen molar-refractivity contribution in [3.63, 3.8) is 0 Å². The van der Waals surface area contributed by atoms with Crippen molar-refractivity contribution >= 4 is 11.7 Å². The number of rotatable bonds is 4. The Morgan fingerprint density at radius 1 is 1.61 bits per heavy atom. The lowest BCUT2D eigenvalue weighted by Gasteiger charge is -2.07. The highest BCUT2D eigenvalue weighted by Gasteiger charge is 2.22. The van der Waals surface area contributed by atoms with Crippen molar-refractivity contribution in [1.29, 1.82) is 0 Å². The number of halogens is 2.